The van der Waals surface area contributed by atoms with Crippen molar-refractivity contribution in [3.63, 3.8) is 0 Å². The molecule has 0 bridgehead atoms. The predicted molar refractivity (Wildman–Crippen MR) is 152 cm³/mol. The van der Waals surface area contributed by atoms with Crippen LogP contribution < -0.4 is 15.9 Å². The molecule has 0 aliphatic carbocycles. The minimum Gasteiger partial charge on any atom is -0.0841 e. The van der Waals surface area contributed by atoms with Crippen molar-refractivity contribution in [2.45, 2.75) is 13.8 Å². The summed E-state index contributed by atoms with van der Waals surface area (Å²) in [4.78, 5) is 0. The SMILES string of the molecule is C/C=C(\C)c1cc(Cl)c2ccccc2c1-c1ccccc1P(c1ccccc1)c1ccccc1. The lowest BCUT2D eigenvalue weighted by molar-refractivity contribution is 1.55. The normalized spacial score (nSPS) is 11.8. The molecule has 5 aromatic rings. The van der Waals surface area contributed by atoms with E-state index in [2.05, 4.69) is 135 Å². The van der Waals surface area contributed by atoms with Crippen LogP contribution in [0.5, 0.6) is 0 Å². The highest BCUT2D eigenvalue weighted by atomic mass is 35.5. The van der Waals surface area contributed by atoms with Crippen molar-refractivity contribution in [1.82, 2.24) is 0 Å². The van der Waals surface area contributed by atoms with Gasteiger partial charge in [0.25, 0.3) is 0 Å². The van der Waals surface area contributed by atoms with Crippen LogP contribution in [-0.4, -0.2) is 0 Å². The van der Waals surface area contributed by atoms with E-state index in [0.717, 1.165) is 10.4 Å². The number of halogens is 1. The van der Waals surface area contributed by atoms with Crippen molar-refractivity contribution in [1.29, 1.82) is 0 Å². The fraction of sp³-hybridized carbons (Fsp3) is 0.0625. The maximum Gasteiger partial charge on any atom is 0.0490 e. The van der Waals surface area contributed by atoms with Gasteiger partial charge in [-0.25, -0.2) is 0 Å². The summed E-state index contributed by atoms with van der Waals surface area (Å²) in [6.45, 7) is 4.26. The van der Waals surface area contributed by atoms with E-state index in [1.165, 1.54) is 43.6 Å². The first-order chi connectivity index (χ1) is 16.7. The first-order valence-electron chi connectivity index (χ1n) is 11.5. The smallest absolute Gasteiger partial charge is 0.0490 e. The second-order valence-electron chi connectivity index (χ2n) is 8.32. The Morgan fingerprint density at radius 1 is 0.676 bits per heavy atom. The number of benzene rings is 5. The molecule has 166 valence electrons. The van der Waals surface area contributed by atoms with Crippen LogP contribution in [0.25, 0.3) is 27.5 Å². The lowest BCUT2D eigenvalue weighted by Crippen LogP contribution is -2.22. The number of rotatable bonds is 5. The van der Waals surface area contributed by atoms with Crippen molar-refractivity contribution < 1.29 is 0 Å². The molecule has 0 aliphatic rings. The molecule has 5 rings (SSSR count). The van der Waals surface area contributed by atoms with Gasteiger partial charge in [0, 0.05) is 10.4 Å². The van der Waals surface area contributed by atoms with Gasteiger partial charge in [0.15, 0.2) is 0 Å². The average Bonchev–Trinajstić information content (AvgIpc) is 2.90. The molecule has 0 fully saturated rings. The summed E-state index contributed by atoms with van der Waals surface area (Å²) in [5.74, 6) is 0. The van der Waals surface area contributed by atoms with Crippen LogP contribution in [0.2, 0.25) is 5.02 Å². The van der Waals surface area contributed by atoms with Crippen LogP contribution in [-0.2, 0) is 0 Å². The van der Waals surface area contributed by atoms with Gasteiger partial charge in [-0.05, 0) is 71.4 Å². The van der Waals surface area contributed by atoms with Gasteiger partial charge >= 0.3 is 0 Å². The first-order valence-corrected chi connectivity index (χ1v) is 13.2. The quantitative estimate of drug-likeness (QED) is 0.223. The Bertz CT molecular complexity index is 1430. The second-order valence-corrected chi connectivity index (χ2v) is 10.9. The van der Waals surface area contributed by atoms with Crippen molar-refractivity contribution >= 4 is 51.8 Å². The maximum absolute atomic E-state index is 6.79. The van der Waals surface area contributed by atoms with Gasteiger partial charge in [-0.3, -0.25) is 0 Å². The molecule has 0 saturated carbocycles. The summed E-state index contributed by atoms with van der Waals surface area (Å²) in [6, 6.07) is 41.3. The van der Waals surface area contributed by atoms with E-state index in [0.29, 0.717) is 0 Å². The standard InChI is InChI=1S/C32H26ClP/c1-3-23(2)29-22-30(33)26-18-10-11-19-27(26)32(29)28-20-12-13-21-31(28)34(24-14-6-4-7-15-24)25-16-8-5-9-17-25/h3-22H,1-2H3/b23-3+. The molecule has 0 heterocycles. The molecule has 34 heavy (non-hydrogen) atoms. The zero-order valence-corrected chi connectivity index (χ0v) is 21.0. The third-order valence-corrected chi connectivity index (χ3v) is 9.11. The van der Waals surface area contributed by atoms with Crippen LogP contribution in [0.3, 0.4) is 0 Å². The van der Waals surface area contributed by atoms with E-state index in [9.17, 15) is 0 Å². The van der Waals surface area contributed by atoms with E-state index in [1.807, 2.05) is 0 Å². The molecule has 0 amide bonds. The first kappa shape index (κ1) is 22.6. The van der Waals surface area contributed by atoms with Gasteiger partial charge in [0.2, 0.25) is 0 Å². The highest BCUT2D eigenvalue weighted by molar-refractivity contribution is 7.80. The lowest BCUT2D eigenvalue weighted by Gasteiger charge is -2.24. The Hall–Kier alpha value is -3.18. The number of allylic oxidation sites excluding steroid dienone is 2. The molecule has 2 heteroatoms. The van der Waals surface area contributed by atoms with Crippen molar-refractivity contribution in [3.8, 4) is 11.1 Å². The number of hydrogen-bond acceptors (Lipinski definition) is 0. The zero-order chi connectivity index (χ0) is 23.5. The molecule has 0 nitrogen and oxygen atoms in total. The third kappa shape index (κ3) is 4.21. The molecule has 0 unspecified atom stereocenters. The Balaban J connectivity index is 1.87. The fourth-order valence-corrected chi connectivity index (χ4v) is 7.28. The van der Waals surface area contributed by atoms with Crippen LogP contribution >= 0.6 is 19.5 Å². The van der Waals surface area contributed by atoms with Crippen molar-refractivity contribution in [2.75, 3.05) is 0 Å². The molecule has 0 saturated heterocycles. The topological polar surface area (TPSA) is 0 Å². The van der Waals surface area contributed by atoms with Gasteiger partial charge in [0.05, 0.1) is 0 Å². The van der Waals surface area contributed by atoms with Gasteiger partial charge in [0.1, 0.15) is 0 Å². The van der Waals surface area contributed by atoms with E-state index >= 15 is 0 Å². The summed E-state index contributed by atoms with van der Waals surface area (Å²) < 4.78 is 0. The van der Waals surface area contributed by atoms with E-state index in [1.54, 1.807) is 0 Å². The molecular weight excluding hydrogens is 451 g/mol. The second kappa shape index (κ2) is 9.98. The Labute approximate surface area is 208 Å². The van der Waals surface area contributed by atoms with E-state index < -0.39 is 7.92 Å². The number of fused-ring (bicyclic) bond motifs is 1. The average molecular weight is 477 g/mol. The molecule has 0 N–H and O–H groups in total. The molecule has 0 aliphatic heterocycles. The third-order valence-electron chi connectivity index (χ3n) is 6.30. The maximum atomic E-state index is 6.79. The van der Waals surface area contributed by atoms with Crippen LogP contribution in [0.15, 0.2) is 121 Å². The molecule has 0 aromatic heterocycles. The van der Waals surface area contributed by atoms with E-state index in [4.69, 9.17) is 11.6 Å². The van der Waals surface area contributed by atoms with E-state index in [-0.39, 0.29) is 0 Å². The highest BCUT2D eigenvalue weighted by Gasteiger charge is 2.23. The molecule has 5 aromatic carbocycles. The van der Waals surface area contributed by atoms with Crippen LogP contribution in [0.1, 0.15) is 19.4 Å². The Morgan fingerprint density at radius 3 is 1.82 bits per heavy atom. The minimum absolute atomic E-state index is 0.742. The summed E-state index contributed by atoms with van der Waals surface area (Å²) in [7, 11) is -0.742. The highest BCUT2D eigenvalue weighted by Crippen LogP contribution is 2.43. The minimum atomic E-state index is -0.742. The number of hydrogen-bond donors (Lipinski definition) is 0. The summed E-state index contributed by atoms with van der Waals surface area (Å²) in [6.07, 6.45) is 2.17. The molecule has 0 radical (unpaired) electrons. The van der Waals surface area contributed by atoms with Crippen molar-refractivity contribution in [2.24, 2.45) is 0 Å². The largest absolute Gasteiger partial charge is 0.0841 e. The molecule has 0 atom stereocenters. The van der Waals surface area contributed by atoms with Crippen LogP contribution in [0, 0.1) is 0 Å². The molecular formula is C32H26ClP. The fourth-order valence-electron chi connectivity index (χ4n) is 4.55. The summed E-state index contributed by atoms with van der Waals surface area (Å²) >= 11 is 6.79. The van der Waals surface area contributed by atoms with Gasteiger partial charge in [-0.2, -0.15) is 0 Å². The van der Waals surface area contributed by atoms with Crippen molar-refractivity contribution in [3.05, 3.63) is 132 Å². The lowest BCUT2D eigenvalue weighted by atomic mass is 9.90. The summed E-state index contributed by atoms with van der Waals surface area (Å²) in [5, 5.41) is 7.12. The summed E-state index contributed by atoms with van der Waals surface area (Å²) in [5.41, 5.74) is 4.94. The molecule has 0 spiro atoms. The van der Waals surface area contributed by atoms with Gasteiger partial charge in [-0.1, -0.05) is 127 Å². The van der Waals surface area contributed by atoms with Crippen LogP contribution in [0.4, 0.5) is 0 Å². The Morgan fingerprint density at radius 2 is 1.21 bits per heavy atom. The van der Waals surface area contributed by atoms with Gasteiger partial charge < -0.3 is 0 Å². The monoisotopic (exact) mass is 476 g/mol. The zero-order valence-electron chi connectivity index (χ0n) is 19.4. The Kier molecular flexibility index (Phi) is 6.63. The van der Waals surface area contributed by atoms with Gasteiger partial charge in [-0.15, -0.1) is 0 Å². The predicted octanol–water partition coefficient (Wildman–Crippen LogP) is 8.34.